The summed E-state index contributed by atoms with van der Waals surface area (Å²) >= 11 is 0. The Bertz CT molecular complexity index is 1140. The number of anilines is 3. The van der Waals surface area contributed by atoms with Crippen LogP contribution in [0.1, 0.15) is 22.8 Å². The van der Waals surface area contributed by atoms with Gasteiger partial charge in [-0.2, -0.15) is 13.4 Å². The molecule has 9 nitrogen and oxygen atoms in total. The van der Waals surface area contributed by atoms with Gasteiger partial charge >= 0.3 is 10.1 Å². The molecule has 31 heavy (non-hydrogen) atoms. The molecule has 1 aromatic heterocycles. The smallest absolute Gasteiger partial charge is 0.308 e. The zero-order chi connectivity index (χ0) is 22.3. The van der Waals surface area contributed by atoms with Crippen LogP contribution in [-0.4, -0.2) is 36.6 Å². The number of nitrogens with zero attached hydrogens (tertiary/aromatic N) is 2. The normalized spacial score (nSPS) is 11.0. The van der Waals surface area contributed by atoms with Gasteiger partial charge in [-0.3, -0.25) is 4.79 Å². The second-order valence-corrected chi connectivity index (χ2v) is 8.42. The average molecular weight is 442 g/mol. The predicted molar refractivity (Wildman–Crippen MR) is 119 cm³/mol. The first-order valence-electron chi connectivity index (χ1n) is 9.60. The molecule has 0 aliphatic carbocycles. The molecule has 1 heterocycles. The molecule has 3 rings (SSSR count). The van der Waals surface area contributed by atoms with Crippen molar-refractivity contribution in [3.63, 3.8) is 0 Å². The Hall–Kier alpha value is -3.66. The van der Waals surface area contributed by atoms with Crippen molar-refractivity contribution in [3.05, 3.63) is 71.9 Å². The fourth-order valence-corrected chi connectivity index (χ4v) is 3.18. The van der Waals surface area contributed by atoms with Crippen molar-refractivity contribution < 1.29 is 17.4 Å². The first kappa shape index (κ1) is 22.0. The Morgan fingerprint density at radius 2 is 1.81 bits per heavy atom. The van der Waals surface area contributed by atoms with Crippen molar-refractivity contribution in [1.82, 2.24) is 9.97 Å². The lowest BCUT2D eigenvalue weighted by Crippen LogP contribution is -2.18. The third kappa shape index (κ3) is 6.41. The molecule has 0 saturated heterocycles. The van der Waals surface area contributed by atoms with Gasteiger partial charge < -0.3 is 20.6 Å². The number of carbonyl (C=O) groups is 1. The van der Waals surface area contributed by atoms with E-state index in [2.05, 4.69) is 20.6 Å². The van der Waals surface area contributed by atoms with Crippen LogP contribution in [-0.2, 0) is 16.5 Å². The van der Waals surface area contributed by atoms with E-state index in [9.17, 15) is 13.2 Å². The molecule has 10 heteroatoms. The molecule has 4 N–H and O–H groups in total. The van der Waals surface area contributed by atoms with E-state index in [1.165, 1.54) is 25.3 Å². The molecule has 0 radical (unpaired) electrons. The fourth-order valence-electron chi connectivity index (χ4n) is 2.66. The van der Waals surface area contributed by atoms with Gasteiger partial charge in [-0.05, 0) is 43.2 Å². The minimum absolute atomic E-state index is 0.118. The van der Waals surface area contributed by atoms with E-state index in [0.717, 1.165) is 12.0 Å². The summed E-state index contributed by atoms with van der Waals surface area (Å²) in [7, 11) is -3.59. The van der Waals surface area contributed by atoms with Crippen LogP contribution in [0.25, 0.3) is 0 Å². The van der Waals surface area contributed by atoms with Crippen LogP contribution in [0.5, 0.6) is 5.75 Å². The molecule has 0 saturated carbocycles. The topological polar surface area (TPSA) is 136 Å². The first-order chi connectivity index (χ1) is 14.9. The SMILES string of the molecule is CCS(=O)(=O)Oc1ccc(Nc2ncc(C(N)=O)c(NCCc3ccccc3)n2)cc1. The van der Waals surface area contributed by atoms with Crippen molar-refractivity contribution in [2.75, 3.05) is 22.9 Å². The molecule has 162 valence electrons. The first-order valence-corrected chi connectivity index (χ1v) is 11.2. The Labute approximate surface area is 180 Å². The third-order valence-electron chi connectivity index (χ3n) is 4.29. The van der Waals surface area contributed by atoms with E-state index in [0.29, 0.717) is 18.1 Å². The van der Waals surface area contributed by atoms with Gasteiger partial charge in [0.25, 0.3) is 5.91 Å². The summed E-state index contributed by atoms with van der Waals surface area (Å²) in [6.45, 7) is 2.06. The van der Waals surface area contributed by atoms with Crippen LogP contribution in [0, 0.1) is 0 Å². The largest absolute Gasteiger partial charge is 0.382 e. The molecule has 0 aliphatic rings. The third-order valence-corrected chi connectivity index (χ3v) is 5.44. The number of nitrogens with one attached hydrogen (secondary N) is 2. The maximum absolute atomic E-state index is 11.7. The summed E-state index contributed by atoms with van der Waals surface area (Å²) in [5.74, 6) is 0.0395. The number of amides is 1. The molecular formula is C21H23N5O4S. The van der Waals surface area contributed by atoms with E-state index in [4.69, 9.17) is 9.92 Å². The van der Waals surface area contributed by atoms with Gasteiger partial charge in [0, 0.05) is 18.4 Å². The van der Waals surface area contributed by atoms with E-state index < -0.39 is 16.0 Å². The molecule has 2 aromatic carbocycles. The highest BCUT2D eigenvalue weighted by Gasteiger charge is 2.13. The van der Waals surface area contributed by atoms with Gasteiger partial charge in [0.15, 0.2) is 0 Å². The lowest BCUT2D eigenvalue weighted by Gasteiger charge is -2.12. The fraction of sp³-hybridized carbons (Fsp3) is 0.190. The summed E-state index contributed by atoms with van der Waals surface area (Å²) in [5.41, 5.74) is 7.39. The van der Waals surface area contributed by atoms with Gasteiger partial charge in [-0.15, -0.1) is 0 Å². The maximum Gasteiger partial charge on any atom is 0.308 e. The zero-order valence-corrected chi connectivity index (χ0v) is 17.7. The number of primary amides is 1. The van der Waals surface area contributed by atoms with E-state index in [-0.39, 0.29) is 23.0 Å². The van der Waals surface area contributed by atoms with Gasteiger partial charge in [-0.25, -0.2) is 4.98 Å². The van der Waals surface area contributed by atoms with Crippen molar-refractivity contribution in [1.29, 1.82) is 0 Å². The molecule has 1 amide bonds. The Kier molecular flexibility index (Phi) is 7.03. The zero-order valence-electron chi connectivity index (χ0n) is 16.9. The molecule has 3 aromatic rings. The molecule has 0 fully saturated rings. The van der Waals surface area contributed by atoms with Gasteiger partial charge in [-0.1, -0.05) is 30.3 Å². The predicted octanol–water partition coefficient (Wildman–Crippen LogP) is 2.70. The minimum atomic E-state index is -3.59. The van der Waals surface area contributed by atoms with Crippen molar-refractivity contribution >= 4 is 33.5 Å². The number of rotatable bonds is 10. The van der Waals surface area contributed by atoms with Crippen molar-refractivity contribution in [3.8, 4) is 5.75 Å². The van der Waals surface area contributed by atoms with Gasteiger partial charge in [0.1, 0.15) is 11.6 Å². The van der Waals surface area contributed by atoms with E-state index in [1.54, 1.807) is 12.1 Å². The monoisotopic (exact) mass is 441 g/mol. The highest BCUT2D eigenvalue weighted by molar-refractivity contribution is 7.87. The van der Waals surface area contributed by atoms with Crippen LogP contribution in [0.3, 0.4) is 0 Å². The van der Waals surface area contributed by atoms with Crippen LogP contribution >= 0.6 is 0 Å². The summed E-state index contributed by atoms with van der Waals surface area (Å²) in [6.07, 6.45) is 2.10. The highest BCUT2D eigenvalue weighted by atomic mass is 32.2. The lowest BCUT2D eigenvalue weighted by molar-refractivity contribution is 0.100. The average Bonchev–Trinajstić information content (AvgIpc) is 2.76. The number of hydrogen-bond acceptors (Lipinski definition) is 8. The second-order valence-electron chi connectivity index (χ2n) is 6.56. The second kappa shape index (κ2) is 9.90. The van der Waals surface area contributed by atoms with Gasteiger partial charge in [0.2, 0.25) is 5.95 Å². The molecule has 0 atom stereocenters. The molecule has 0 bridgehead atoms. The summed E-state index contributed by atoms with van der Waals surface area (Å²) < 4.78 is 28.0. The van der Waals surface area contributed by atoms with Gasteiger partial charge in [0.05, 0.1) is 11.3 Å². The van der Waals surface area contributed by atoms with Crippen LogP contribution in [0.15, 0.2) is 60.8 Å². The highest BCUT2D eigenvalue weighted by Crippen LogP contribution is 2.21. The van der Waals surface area contributed by atoms with Crippen LogP contribution in [0.4, 0.5) is 17.5 Å². The molecule has 0 unspecified atom stereocenters. The number of carbonyl (C=O) groups excluding carboxylic acids is 1. The number of aromatic nitrogens is 2. The lowest BCUT2D eigenvalue weighted by atomic mass is 10.1. The van der Waals surface area contributed by atoms with Crippen LogP contribution < -0.4 is 20.6 Å². The summed E-state index contributed by atoms with van der Waals surface area (Å²) in [4.78, 5) is 20.2. The number of benzene rings is 2. The molecule has 0 aliphatic heterocycles. The van der Waals surface area contributed by atoms with E-state index in [1.807, 2.05) is 30.3 Å². The summed E-state index contributed by atoms with van der Waals surface area (Å²) in [6, 6.07) is 16.2. The van der Waals surface area contributed by atoms with E-state index >= 15 is 0 Å². The Morgan fingerprint density at radius 1 is 1.10 bits per heavy atom. The minimum Gasteiger partial charge on any atom is -0.382 e. The number of nitrogens with two attached hydrogens (primary N) is 1. The molecular weight excluding hydrogens is 418 g/mol. The summed E-state index contributed by atoms with van der Waals surface area (Å²) in [5, 5.41) is 6.14. The molecule has 0 spiro atoms. The Morgan fingerprint density at radius 3 is 2.45 bits per heavy atom. The standard InChI is InChI=1S/C21H23N5O4S/c1-2-31(28,29)30-17-10-8-16(9-11-17)25-21-24-14-18(19(22)27)20(26-21)23-13-12-15-6-4-3-5-7-15/h3-11,14H,2,12-13H2,1H3,(H2,22,27)(H2,23,24,25,26). The maximum atomic E-state index is 11.7. The number of hydrogen-bond donors (Lipinski definition) is 3. The van der Waals surface area contributed by atoms with Crippen molar-refractivity contribution in [2.24, 2.45) is 5.73 Å². The Balaban J connectivity index is 1.70. The van der Waals surface area contributed by atoms with Crippen LogP contribution in [0.2, 0.25) is 0 Å². The van der Waals surface area contributed by atoms with Crippen molar-refractivity contribution in [2.45, 2.75) is 13.3 Å². The quantitative estimate of drug-likeness (QED) is 0.409.